The van der Waals surface area contributed by atoms with Crippen LogP contribution in [0, 0.1) is 0 Å². The summed E-state index contributed by atoms with van der Waals surface area (Å²) in [4.78, 5) is 0. The van der Waals surface area contributed by atoms with Crippen LogP contribution in [0.3, 0.4) is 0 Å². The fourth-order valence-corrected chi connectivity index (χ4v) is 5.14. The first-order chi connectivity index (χ1) is 10.1. The third-order valence-electron chi connectivity index (χ3n) is 2.57. The van der Waals surface area contributed by atoms with Gasteiger partial charge in [-0.3, -0.25) is 0 Å². The van der Waals surface area contributed by atoms with Crippen molar-refractivity contribution in [3.05, 3.63) is 29.0 Å². The van der Waals surface area contributed by atoms with Crippen molar-refractivity contribution < 1.29 is 47.7 Å². The lowest BCUT2D eigenvalue weighted by Crippen LogP contribution is -2.53. The molecule has 0 aliphatic heterocycles. The van der Waals surface area contributed by atoms with Crippen molar-refractivity contribution >= 4 is 35.6 Å². The van der Waals surface area contributed by atoms with E-state index in [-0.39, 0.29) is 4.60 Å². The standard InChI is InChI=1S/C9H7BrF6NO4S2/c10-6-3-1-2-4-17(6)5-7(22(18,19)8(11,12)13)23(20,21)9(14,15)16/h1-4,7H,5H2/q+1. The van der Waals surface area contributed by atoms with Gasteiger partial charge >= 0.3 is 11.0 Å². The summed E-state index contributed by atoms with van der Waals surface area (Å²) in [6.07, 6.45) is 0.925. The summed E-state index contributed by atoms with van der Waals surface area (Å²) < 4.78 is 117. The van der Waals surface area contributed by atoms with Crippen LogP contribution in [0.2, 0.25) is 0 Å². The molecule has 1 aromatic rings. The molecular formula is C9H7BrF6NO4S2+. The smallest absolute Gasteiger partial charge is 0.218 e. The molecular weight excluding hydrogens is 444 g/mol. The minimum Gasteiger partial charge on any atom is -0.218 e. The van der Waals surface area contributed by atoms with E-state index < -0.39 is 41.8 Å². The van der Waals surface area contributed by atoms with Crippen LogP contribution in [0.4, 0.5) is 26.3 Å². The first-order valence-electron chi connectivity index (χ1n) is 5.36. The van der Waals surface area contributed by atoms with Gasteiger partial charge in [0.25, 0.3) is 19.7 Å². The number of hydrogen-bond donors (Lipinski definition) is 0. The highest BCUT2D eigenvalue weighted by molar-refractivity contribution is 9.10. The second kappa shape index (κ2) is 6.20. The van der Waals surface area contributed by atoms with Gasteiger partial charge in [-0.25, -0.2) is 16.8 Å². The van der Waals surface area contributed by atoms with Crippen molar-refractivity contribution in [1.29, 1.82) is 0 Å². The van der Waals surface area contributed by atoms with Crippen LogP contribution < -0.4 is 4.57 Å². The molecule has 0 fully saturated rings. The first kappa shape index (κ1) is 20.2. The molecule has 0 bridgehead atoms. The molecule has 0 unspecified atom stereocenters. The predicted octanol–water partition coefficient (Wildman–Crippen LogP) is 1.93. The zero-order valence-electron chi connectivity index (χ0n) is 10.6. The lowest BCUT2D eigenvalue weighted by Gasteiger charge is -2.19. The lowest BCUT2D eigenvalue weighted by atomic mass is 10.5. The van der Waals surface area contributed by atoms with E-state index >= 15 is 0 Å². The van der Waals surface area contributed by atoms with Gasteiger partial charge in [0.15, 0.2) is 12.7 Å². The van der Waals surface area contributed by atoms with Crippen LogP contribution in [0.1, 0.15) is 0 Å². The average molecular weight is 451 g/mol. The molecule has 23 heavy (non-hydrogen) atoms. The van der Waals surface area contributed by atoms with Crippen molar-refractivity contribution in [1.82, 2.24) is 0 Å². The molecule has 0 amide bonds. The van der Waals surface area contributed by atoms with Gasteiger partial charge in [-0.05, 0) is 6.07 Å². The Morgan fingerprint density at radius 3 is 1.74 bits per heavy atom. The van der Waals surface area contributed by atoms with Crippen LogP contribution in [0.15, 0.2) is 29.0 Å². The third kappa shape index (κ3) is 3.96. The largest absolute Gasteiger partial charge is 0.498 e. The Balaban J connectivity index is 3.56. The van der Waals surface area contributed by atoms with Crippen LogP contribution in [-0.2, 0) is 26.2 Å². The number of sulfone groups is 2. The molecule has 5 nitrogen and oxygen atoms in total. The van der Waals surface area contributed by atoms with Gasteiger partial charge in [-0.2, -0.15) is 30.9 Å². The monoisotopic (exact) mass is 450 g/mol. The average Bonchev–Trinajstić information content (AvgIpc) is 2.34. The number of rotatable bonds is 4. The maximum atomic E-state index is 12.6. The minimum atomic E-state index is -6.64. The zero-order chi connectivity index (χ0) is 18.3. The fourth-order valence-electron chi connectivity index (χ4n) is 1.43. The van der Waals surface area contributed by atoms with Crippen LogP contribution in [-0.4, -0.2) is 32.4 Å². The number of hydrogen-bond acceptors (Lipinski definition) is 4. The Kier molecular flexibility index (Phi) is 5.43. The van der Waals surface area contributed by atoms with E-state index in [1.807, 2.05) is 0 Å². The molecule has 1 rings (SSSR count). The highest BCUT2D eigenvalue weighted by Crippen LogP contribution is 2.36. The fraction of sp³-hybridized carbons (Fsp3) is 0.444. The summed E-state index contributed by atoms with van der Waals surface area (Å²) >= 11 is 2.77. The molecule has 0 saturated carbocycles. The highest BCUT2D eigenvalue weighted by Gasteiger charge is 2.64. The molecule has 132 valence electrons. The molecule has 14 heteroatoms. The van der Waals surface area contributed by atoms with Crippen molar-refractivity contribution in [2.75, 3.05) is 0 Å². The van der Waals surface area contributed by atoms with E-state index in [9.17, 15) is 43.2 Å². The quantitative estimate of drug-likeness (QED) is 0.399. The highest BCUT2D eigenvalue weighted by atomic mass is 79.9. The second-order valence-electron chi connectivity index (χ2n) is 4.09. The van der Waals surface area contributed by atoms with Gasteiger partial charge in [0.05, 0.1) is 0 Å². The summed E-state index contributed by atoms with van der Waals surface area (Å²) in [5.74, 6) is 0. The molecule has 0 aliphatic rings. The predicted molar refractivity (Wildman–Crippen MR) is 68.1 cm³/mol. The van der Waals surface area contributed by atoms with Crippen LogP contribution in [0.25, 0.3) is 0 Å². The summed E-state index contributed by atoms with van der Waals surface area (Å²) in [6.45, 7) is -1.59. The molecule has 0 saturated heterocycles. The molecule has 0 N–H and O–H groups in total. The molecule has 0 aromatic carbocycles. The van der Waals surface area contributed by atoms with Crippen molar-refractivity contribution in [2.45, 2.75) is 22.1 Å². The number of aromatic nitrogens is 1. The Morgan fingerprint density at radius 1 is 0.957 bits per heavy atom. The van der Waals surface area contributed by atoms with Gasteiger partial charge in [0, 0.05) is 28.1 Å². The Bertz CT molecular complexity index is 743. The summed E-state index contributed by atoms with van der Waals surface area (Å²) in [5, 5.41) is 0. The van der Waals surface area contributed by atoms with E-state index in [4.69, 9.17) is 0 Å². The van der Waals surface area contributed by atoms with Gasteiger partial charge in [0.1, 0.15) is 0 Å². The van der Waals surface area contributed by atoms with E-state index in [1.54, 1.807) is 0 Å². The molecule has 1 aromatic heterocycles. The third-order valence-corrected chi connectivity index (χ3v) is 7.78. The van der Waals surface area contributed by atoms with E-state index in [0.29, 0.717) is 4.57 Å². The van der Waals surface area contributed by atoms with Gasteiger partial charge in [-0.15, -0.1) is 0 Å². The molecule has 0 radical (unpaired) electrons. The Labute approximate surface area is 134 Å². The molecule has 0 spiro atoms. The summed E-state index contributed by atoms with van der Waals surface area (Å²) in [7, 11) is -13.3. The zero-order valence-corrected chi connectivity index (χ0v) is 13.9. The van der Waals surface area contributed by atoms with Crippen LogP contribution in [0.5, 0.6) is 0 Å². The number of halogens is 7. The first-order valence-corrected chi connectivity index (χ1v) is 9.25. The summed E-state index contributed by atoms with van der Waals surface area (Å²) in [5.41, 5.74) is -12.3. The van der Waals surface area contributed by atoms with E-state index in [0.717, 1.165) is 6.20 Å². The van der Waals surface area contributed by atoms with Gasteiger partial charge < -0.3 is 0 Å². The SMILES string of the molecule is O=S(=O)(C(C[n+]1ccccc1Br)S(=O)(=O)C(F)(F)F)C(F)(F)F. The molecule has 0 aliphatic carbocycles. The number of nitrogens with zero attached hydrogens (tertiary/aromatic N) is 1. The van der Waals surface area contributed by atoms with Crippen molar-refractivity contribution in [3.63, 3.8) is 0 Å². The van der Waals surface area contributed by atoms with Gasteiger partial charge in [-0.1, -0.05) is 0 Å². The maximum absolute atomic E-state index is 12.6. The Hall–Kier alpha value is -0.890. The van der Waals surface area contributed by atoms with Gasteiger partial charge in [0.2, 0.25) is 9.19 Å². The molecule has 1 heterocycles. The molecule has 0 atom stereocenters. The van der Waals surface area contributed by atoms with Crippen molar-refractivity contribution in [2.24, 2.45) is 0 Å². The summed E-state index contributed by atoms with van der Waals surface area (Å²) in [6, 6.07) is 3.69. The topological polar surface area (TPSA) is 72.2 Å². The minimum absolute atomic E-state index is 0.111. The van der Waals surface area contributed by atoms with Crippen LogP contribution >= 0.6 is 15.9 Å². The number of pyridine rings is 1. The lowest BCUT2D eigenvalue weighted by molar-refractivity contribution is -0.704. The number of alkyl halides is 6. The maximum Gasteiger partial charge on any atom is 0.498 e. The van der Waals surface area contributed by atoms with E-state index in [2.05, 4.69) is 15.9 Å². The normalized spacial score (nSPS) is 14.3. The van der Waals surface area contributed by atoms with E-state index in [1.165, 1.54) is 18.2 Å². The van der Waals surface area contributed by atoms with Crippen molar-refractivity contribution in [3.8, 4) is 0 Å². The Morgan fingerprint density at radius 2 is 1.39 bits per heavy atom. The second-order valence-corrected chi connectivity index (χ2v) is 9.44.